The zero-order valence-electron chi connectivity index (χ0n) is 18.1. The van der Waals surface area contributed by atoms with Crippen molar-refractivity contribution < 1.29 is 19.1 Å². The van der Waals surface area contributed by atoms with Crippen LogP contribution in [0.2, 0.25) is 0 Å². The molecule has 0 bridgehead atoms. The highest BCUT2D eigenvalue weighted by atomic mass is 16.5. The van der Waals surface area contributed by atoms with Crippen molar-refractivity contribution in [3.63, 3.8) is 0 Å². The molecule has 0 aliphatic rings. The Morgan fingerprint density at radius 1 is 0.485 bits per heavy atom. The number of hydrogen-bond donors (Lipinski definition) is 0. The average Bonchev–Trinajstić information content (AvgIpc) is 2.86. The maximum absolute atomic E-state index is 12.4. The van der Waals surface area contributed by atoms with Crippen molar-refractivity contribution in [2.45, 2.75) is 19.3 Å². The smallest absolute Gasteiger partial charge is 0.311 e. The monoisotopic (exact) mass is 436 g/mol. The van der Waals surface area contributed by atoms with E-state index in [-0.39, 0.29) is 24.8 Å². The van der Waals surface area contributed by atoms with E-state index in [9.17, 15) is 9.59 Å². The third kappa shape index (κ3) is 5.95. The van der Waals surface area contributed by atoms with Crippen molar-refractivity contribution in [3.05, 3.63) is 109 Å². The number of carbonyl (C=O) groups excluding carboxylic acids is 2. The fourth-order valence-corrected chi connectivity index (χ4v) is 3.55. The first kappa shape index (κ1) is 22.0. The van der Waals surface area contributed by atoms with E-state index in [4.69, 9.17) is 9.47 Å². The van der Waals surface area contributed by atoms with Crippen molar-refractivity contribution in [1.82, 2.24) is 0 Å². The summed E-state index contributed by atoms with van der Waals surface area (Å²) in [6, 6.07) is 34.4. The van der Waals surface area contributed by atoms with Crippen molar-refractivity contribution in [3.8, 4) is 33.8 Å². The van der Waals surface area contributed by atoms with Gasteiger partial charge in [-0.3, -0.25) is 9.59 Å². The number of esters is 2. The summed E-state index contributed by atoms with van der Waals surface area (Å²) in [5, 5.41) is 0. The predicted octanol–water partition coefficient (Wildman–Crippen LogP) is 6.70. The predicted molar refractivity (Wildman–Crippen MR) is 129 cm³/mol. The van der Waals surface area contributed by atoms with Crippen LogP contribution in [0.5, 0.6) is 11.5 Å². The number of hydrogen-bond acceptors (Lipinski definition) is 4. The number of rotatable bonds is 8. The van der Waals surface area contributed by atoms with E-state index in [2.05, 4.69) is 0 Å². The molecule has 0 atom stereocenters. The molecule has 0 amide bonds. The summed E-state index contributed by atoms with van der Waals surface area (Å²) >= 11 is 0. The molecule has 4 rings (SSSR count). The normalized spacial score (nSPS) is 10.4. The van der Waals surface area contributed by atoms with Gasteiger partial charge in [0.1, 0.15) is 11.5 Å². The molecule has 0 fully saturated rings. The molecule has 0 aromatic heterocycles. The summed E-state index contributed by atoms with van der Waals surface area (Å²) in [7, 11) is 0. The van der Waals surface area contributed by atoms with Crippen molar-refractivity contribution in [2.75, 3.05) is 0 Å². The first-order valence-electron chi connectivity index (χ1n) is 10.9. The van der Waals surface area contributed by atoms with E-state index < -0.39 is 0 Å². The Kier molecular flexibility index (Phi) is 7.29. The van der Waals surface area contributed by atoms with Crippen LogP contribution in [0.4, 0.5) is 0 Å². The van der Waals surface area contributed by atoms with Crippen molar-refractivity contribution >= 4 is 11.9 Å². The molecule has 164 valence electrons. The fraction of sp³-hybridized carbons (Fsp3) is 0.103. The molecular weight excluding hydrogens is 412 g/mol. The van der Waals surface area contributed by atoms with Gasteiger partial charge in [0.15, 0.2) is 0 Å². The molecule has 0 saturated heterocycles. The Labute approximate surface area is 193 Å². The summed E-state index contributed by atoms with van der Waals surface area (Å²) < 4.78 is 11.2. The van der Waals surface area contributed by atoms with Gasteiger partial charge in [0.2, 0.25) is 0 Å². The SMILES string of the molecule is O=C(CCCC(=O)Oc1ccccc1-c1ccccc1)Oc1ccccc1-c1ccccc1. The molecule has 0 spiro atoms. The van der Waals surface area contributed by atoms with Crippen LogP contribution in [0.3, 0.4) is 0 Å². The van der Waals surface area contributed by atoms with Gasteiger partial charge in [0.05, 0.1) is 0 Å². The second kappa shape index (κ2) is 10.9. The molecule has 0 saturated carbocycles. The highest BCUT2D eigenvalue weighted by Gasteiger charge is 2.14. The van der Waals surface area contributed by atoms with Crippen LogP contribution in [0.25, 0.3) is 22.3 Å². The average molecular weight is 437 g/mol. The summed E-state index contributed by atoms with van der Waals surface area (Å²) in [5.74, 6) is 0.257. The van der Waals surface area contributed by atoms with Gasteiger partial charge in [-0.25, -0.2) is 0 Å². The largest absolute Gasteiger partial charge is 0.426 e. The number of benzene rings is 4. The molecule has 0 unspecified atom stereocenters. The molecule has 0 heterocycles. The molecular formula is C29H24O4. The minimum Gasteiger partial charge on any atom is -0.426 e. The van der Waals surface area contributed by atoms with Gasteiger partial charge in [-0.2, -0.15) is 0 Å². The zero-order chi connectivity index (χ0) is 22.9. The van der Waals surface area contributed by atoms with Crippen LogP contribution in [-0.4, -0.2) is 11.9 Å². The summed E-state index contributed by atoms with van der Waals surface area (Å²) in [4.78, 5) is 24.8. The molecule has 4 aromatic rings. The molecule has 0 N–H and O–H groups in total. The first-order valence-corrected chi connectivity index (χ1v) is 10.9. The Bertz CT molecular complexity index is 1120. The Balaban J connectivity index is 1.31. The van der Waals surface area contributed by atoms with Gasteiger partial charge in [-0.15, -0.1) is 0 Å². The highest BCUT2D eigenvalue weighted by molar-refractivity contribution is 5.80. The van der Waals surface area contributed by atoms with E-state index in [0.717, 1.165) is 22.3 Å². The molecule has 0 aliphatic carbocycles. The first-order chi connectivity index (χ1) is 16.2. The van der Waals surface area contributed by atoms with Crippen LogP contribution in [0.1, 0.15) is 19.3 Å². The molecule has 4 heteroatoms. The molecule has 4 aromatic carbocycles. The number of ether oxygens (including phenoxy) is 2. The Morgan fingerprint density at radius 3 is 1.27 bits per heavy atom. The molecule has 4 nitrogen and oxygen atoms in total. The van der Waals surface area contributed by atoms with Crippen LogP contribution < -0.4 is 9.47 Å². The van der Waals surface area contributed by atoms with Gasteiger partial charge in [0.25, 0.3) is 0 Å². The second-order valence-electron chi connectivity index (χ2n) is 7.53. The summed E-state index contributed by atoms with van der Waals surface area (Å²) in [5.41, 5.74) is 3.65. The zero-order valence-corrected chi connectivity index (χ0v) is 18.1. The van der Waals surface area contributed by atoms with Gasteiger partial charge in [0, 0.05) is 24.0 Å². The fourth-order valence-electron chi connectivity index (χ4n) is 3.55. The molecule has 0 aliphatic heterocycles. The van der Waals surface area contributed by atoms with E-state index in [1.54, 1.807) is 12.1 Å². The van der Waals surface area contributed by atoms with E-state index in [0.29, 0.717) is 17.9 Å². The lowest BCUT2D eigenvalue weighted by Crippen LogP contribution is -2.12. The second-order valence-corrected chi connectivity index (χ2v) is 7.53. The number of para-hydroxylation sites is 2. The minimum absolute atomic E-state index is 0.124. The lowest BCUT2D eigenvalue weighted by Gasteiger charge is -2.11. The Hall–Kier alpha value is -4.18. The highest BCUT2D eigenvalue weighted by Crippen LogP contribution is 2.31. The summed E-state index contributed by atoms with van der Waals surface area (Å²) in [6.07, 6.45) is 0.593. The van der Waals surface area contributed by atoms with Gasteiger partial charge >= 0.3 is 11.9 Å². The molecule has 33 heavy (non-hydrogen) atoms. The summed E-state index contributed by atoms with van der Waals surface area (Å²) in [6.45, 7) is 0. The minimum atomic E-state index is -0.379. The topological polar surface area (TPSA) is 52.6 Å². The van der Waals surface area contributed by atoms with Gasteiger partial charge in [-0.1, -0.05) is 97.1 Å². The molecule has 0 radical (unpaired) electrons. The van der Waals surface area contributed by atoms with Crippen LogP contribution in [0.15, 0.2) is 109 Å². The van der Waals surface area contributed by atoms with E-state index in [1.807, 2.05) is 97.1 Å². The number of carbonyl (C=O) groups is 2. The van der Waals surface area contributed by atoms with Crippen LogP contribution in [-0.2, 0) is 9.59 Å². The Morgan fingerprint density at radius 2 is 0.848 bits per heavy atom. The lowest BCUT2D eigenvalue weighted by molar-refractivity contribution is -0.136. The third-order valence-electron chi connectivity index (χ3n) is 5.15. The third-order valence-corrected chi connectivity index (χ3v) is 5.15. The van der Waals surface area contributed by atoms with Crippen molar-refractivity contribution in [2.24, 2.45) is 0 Å². The van der Waals surface area contributed by atoms with E-state index >= 15 is 0 Å². The maximum Gasteiger partial charge on any atom is 0.311 e. The quantitative estimate of drug-likeness (QED) is 0.228. The van der Waals surface area contributed by atoms with Crippen LogP contribution in [0, 0.1) is 0 Å². The lowest BCUT2D eigenvalue weighted by atomic mass is 10.0. The maximum atomic E-state index is 12.4. The van der Waals surface area contributed by atoms with Gasteiger partial charge in [-0.05, 0) is 29.7 Å². The van der Waals surface area contributed by atoms with Gasteiger partial charge < -0.3 is 9.47 Å². The van der Waals surface area contributed by atoms with E-state index in [1.165, 1.54) is 0 Å². The van der Waals surface area contributed by atoms with Crippen LogP contribution >= 0.6 is 0 Å². The standard InChI is InChI=1S/C29H24O4/c30-28(32-26-18-9-7-16-24(26)22-12-3-1-4-13-22)20-11-21-29(31)33-27-19-10-8-17-25(27)23-14-5-2-6-15-23/h1-10,12-19H,11,20-21H2. The van der Waals surface area contributed by atoms with Crippen molar-refractivity contribution in [1.29, 1.82) is 0 Å².